The van der Waals surface area contributed by atoms with Gasteiger partial charge >= 0.3 is 0 Å². The Morgan fingerprint density at radius 2 is 2.00 bits per heavy atom. The molecule has 98 valence electrons. The highest BCUT2D eigenvalue weighted by Crippen LogP contribution is 2.12. The molecular weight excluding hydrogens is 266 g/mol. The van der Waals surface area contributed by atoms with Gasteiger partial charge in [0, 0.05) is 5.56 Å². The van der Waals surface area contributed by atoms with Gasteiger partial charge in [-0.05, 0) is 18.2 Å². The van der Waals surface area contributed by atoms with Crippen LogP contribution >= 0.6 is 0 Å². The predicted molar refractivity (Wildman–Crippen MR) is 62.3 cm³/mol. The highest BCUT2D eigenvalue weighted by atomic mass is 19.2. The lowest BCUT2D eigenvalue weighted by molar-refractivity contribution is 0.0971. The van der Waals surface area contributed by atoms with E-state index in [0.717, 1.165) is 18.2 Å². The summed E-state index contributed by atoms with van der Waals surface area (Å²) in [6.45, 7) is -0.289. The smallest absolute Gasteiger partial charge is 0.182 e. The number of hydrogen-bond acceptors (Lipinski definition) is 4. The zero-order chi connectivity index (χ0) is 14.7. The van der Waals surface area contributed by atoms with Crippen LogP contribution in [0.1, 0.15) is 21.7 Å². The van der Waals surface area contributed by atoms with Crippen LogP contribution in [0.3, 0.4) is 0 Å². The number of rotatable bonds is 3. The van der Waals surface area contributed by atoms with Crippen molar-refractivity contribution in [3.05, 3.63) is 53.1 Å². The molecule has 2 rings (SSSR count). The molecule has 0 bridgehead atoms. The Morgan fingerprint density at radius 1 is 1.25 bits per heavy atom. The summed E-state index contributed by atoms with van der Waals surface area (Å²) >= 11 is 0. The second-order valence-electron chi connectivity index (χ2n) is 3.85. The van der Waals surface area contributed by atoms with Gasteiger partial charge in [0.15, 0.2) is 28.8 Å². The second-order valence-corrected chi connectivity index (χ2v) is 3.85. The first-order valence-corrected chi connectivity index (χ1v) is 5.40. The Balaban J connectivity index is 2.29. The number of imidazole rings is 1. The largest absolute Gasteiger partial charge is 0.313 e. The number of carbonyl (C=O) groups excluding carboxylic acids is 1. The average molecular weight is 272 g/mol. The summed E-state index contributed by atoms with van der Waals surface area (Å²) in [5.74, 6) is -2.70. The van der Waals surface area contributed by atoms with Crippen LogP contribution in [0.5, 0.6) is 0 Å². The monoisotopic (exact) mass is 272 g/mol. The Bertz CT molecular complexity index is 768. The number of ketones is 1. The molecule has 1 heterocycles. The molecule has 1 aromatic carbocycles. The van der Waals surface area contributed by atoms with Crippen LogP contribution in [0.25, 0.3) is 0 Å². The van der Waals surface area contributed by atoms with E-state index in [1.54, 1.807) is 12.1 Å². The second kappa shape index (κ2) is 5.29. The summed E-state index contributed by atoms with van der Waals surface area (Å²) < 4.78 is 27.0. The van der Waals surface area contributed by atoms with E-state index >= 15 is 0 Å². The van der Waals surface area contributed by atoms with Gasteiger partial charge in [-0.15, -0.1) is 0 Å². The van der Waals surface area contributed by atoms with E-state index in [9.17, 15) is 13.6 Å². The minimum absolute atomic E-state index is 0.0278. The van der Waals surface area contributed by atoms with Crippen molar-refractivity contribution < 1.29 is 13.6 Å². The lowest BCUT2D eigenvalue weighted by Gasteiger charge is -2.04. The zero-order valence-corrected chi connectivity index (χ0v) is 9.97. The molecule has 20 heavy (non-hydrogen) atoms. The summed E-state index contributed by atoms with van der Waals surface area (Å²) in [7, 11) is 0. The summed E-state index contributed by atoms with van der Waals surface area (Å²) in [4.78, 5) is 15.6. The van der Waals surface area contributed by atoms with E-state index in [1.807, 2.05) is 0 Å². The molecule has 0 unspecified atom stereocenters. The van der Waals surface area contributed by atoms with Crippen molar-refractivity contribution in [3.63, 3.8) is 0 Å². The molecule has 0 saturated carbocycles. The summed E-state index contributed by atoms with van der Waals surface area (Å²) in [6.07, 6.45) is 1.18. The molecule has 2 aromatic rings. The van der Waals surface area contributed by atoms with Gasteiger partial charge in [-0.25, -0.2) is 13.8 Å². The molecule has 0 amide bonds. The van der Waals surface area contributed by atoms with Gasteiger partial charge in [0.25, 0.3) is 0 Å². The van der Waals surface area contributed by atoms with Crippen LogP contribution in [0.2, 0.25) is 0 Å². The standard InChI is InChI=1S/C13H6F2N4O/c14-9-2-1-8(3-10(9)15)13(20)6-19-7-18-11(4-16)12(19)5-17/h1-3,7H,6H2. The normalized spacial score (nSPS) is 9.80. The van der Waals surface area contributed by atoms with Crippen molar-refractivity contribution >= 4 is 5.78 Å². The highest BCUT2D eigenvalue weighted by molar-refractivity contribution is 5.96. The maximum atomic E-state index is 13.0. The van der Waals surface area contributed by atoms with Crippen molar-refractivity contribution in [2.24, 2.45) is 0 Å². The summed E-state index contributed by atoms with van der Waals surface area (Å²) in [6, 6.07) is 6.27. The van der Waals surface area contributed by atoms with Gasteiger partial charge < -0.3 is 4.57 Å². The number of halogens is 2. The minimum atomic E-state index is -1.13. The third-order valence-corrected chi connectivity index (χ3v) is 2.61. The molecule has 0 aliphatic rings. The SMILES string of the molecule is N#Cc1ncn(CC(=O)c2ccc(F)c(F)c2)c1C#N. The topological polar surface area (TPSA) is 82.5 Å². The van der Waals surface area contributed by atoms with E-state index in [4.69, 9.17) is 10.5 Å². The number of aromatic nitrogens is 2. The first-order valence-electron chi connectivity index (χ1n) is 5.40. The molecule has 0 aliphatic heterocycles. The minimum Gasteiger partial charge on any atom is -0.313 e. The fourth-order valence-corrected chi connectivity index (χ4v) is 1.62. The van der Waals surface area contributed by atoms with Gasteiger partial charge in [-0.1, -0.05) is 0 Å². The van der Waals surface area contributed by atoms with Crippen molar-refractivity contribution in [3.8, 4) is 12.1 Å². The quantitative estimate of drug-likeness (QED) is 0.797. The van der Waals surface area contributed by atoms with E-state index < -0.39 is 17.4 Å². The van der Waals surface area contributed by atoms with Crippen molar-refractivity contribution in [2.45, 2.75) is 6.54 Å². The van der Waals surface area contributed by atoms with Crippen LogP contribution < -0.4 is 0 Å². The van der Waals surface area contributed by atoms with Crippen LogP contribution in [0.15, 0.2) is 24.5 Å². The summed E-state index contributed by atoms with van der Waals surface area (Å²) in [5, 5.41) is 17.6. The number of benzene rings is 1. The maximum absolute atomic E-state index is 13.0. The van der Waals surface area contributed by atoms with Gasteiger partial charge in [0.1, 0.15) is 12.1 Å². The molecule has 0 atom stereocenters. The first-order chi connectivity index (χ1) is 9.56. The number of hydrogen-bond donors (Lipinski definition) is 0. The van der Waals surface area contributed by atoms with E-state index in [0.29, 0.717) is 0 Å². The Hall–Kier alpha value is -3.06. The van der Waals surface area contributed by atoms with Gasteiger partial charge in [-0.3, -0.25) is 4.79 Å². The Kier molecular flexibility index (Phi) is 3.54. The number of Topliss-reactive ketones (excluding diaryl/α,β-unsaturated/α-hetero) is 1. The van der Waals surface area contributed by atoms with E-state index in [2.05, 4.69) is 4.98 Å². The molecule has 0 fully saturated rings. The fourth-order valence-electron chi connectivity index (χ4n) is 1.62. The molecule has 1 aromatic heterocycles. The van der Waals surface area contributed by atoms with Gasteiger partial charge in [0.05, 0.1) is 12.9 Å². The number of nitriles is 2. The Morgan fingerprint density at radius 3 is 2.60 bits per heavy atom. The molecule has 5 nitrogen and oxygen atoms in total. The third kappa shape index (κ3) is 2.38. The van der Waals surface area contributed by atoms with Crippen molar-refractivity contribution in [1.82, 2.24) is 9.55 Å². The maximum Gasteiger partial charge on any atom is 0.182 e. The molecule has 0 spiro atoms. The van der Waals surface area contributed by atoms with E-state index in [1.165, 1.54) is 10.9 Å². The van der Waals surface area contributed by atoms with Crippen molar-refractivity contribution in [2.75, 3.05) is 0 Å². The number of carbonyl (C=O) groups is 1. The van der Waals surface area contributed by atoms with Crippen LogP contribution in [0, 0.1) is 34.3 Å². The van der Waals surface area contributed by atoms with Gasteiger partial charge in [0.2, 0.25) is 0 Å². The van der Waals surface area contributed by atoms with Crippen LogP contribution in [0.4, 0.5) is 8.78 Å². The van der Waals surface area contributed by atoms with Crippen LogP contribution in [-0.2, 0) is 6.54 Å². The molecule has 7 heteroatoms. The molecule has 0 saturated heterocycles. The molecule has 0 radical (unpaired) electrons. The lowest BCUT2D eigenvalue weighted by atomic mass is 10.1. The molecule has 0 N–H and O–H groups in total. The Labute approximate surface area is 112 Å². The zero-order valence-electron chi connectivity index (χ0n) is 9.97. The van der Waals surface area contributed by atoms with Crippen molar-refractivity contribution in [1.29, 1.82) is 10.5 Å². The fraction of sp³-hybridized carbons (Fsp3) is 0.0769. The third-order valence-electron chi connectivity index (χ3n) is 2.61. The number of nitrogens with zero attached hydrogens (tertiary/aromatic N) is 4. The lowest BCUT2D eigenvalue weighted by Crippen LogP contribution is -2.12. The predicted octanol–water partition coefficient (Wildman–Crippen LogP) is 1.79. The molecular formula is C13H6F2N4O. The molecule has 0 aliphatic carbocycles. The van der Waals surface area contributed by atoms with Crippen LogP contribution in [-0.4, -0.2) is 15.3 Å². The highest BCUT2D eigenvalue weighted by Gasteiger charge is 2.15. The summed E-state index contributed by atoms with van der Waals surface area (Å²) in [5.41, 5.74) is -0.172. The van der Waals surface area contributed by atoms with Gasteiger partial charge in [-0.2, -0.15) is 10.5 Å². The first kappa shape index (κ1) is 13.4. The average Bonchev–Trinajstić information content (AvgIpc) is 2.83. The van der Waals surface area contributed by atoms with E-state index in [-0.39, 0.29) is 23.5 Å².